The molecular weight excluding hydrogens is 272 g/mol. The van der Waals surface area contributed by atoms with Crippen LogP contribution in [0.15, 0.2) is 60.8 Å². The monoisotopic (exact) mass is 294 g/mol. The average molecular weight is 294 g/mol. The van der Waals surface area contributed by atoms with Crippen molar-refractivity contribution in [2.45, 2.75) is 6.54 Å². The van der Waals surface area contributed by atoms with E-state index in [0.29, 0.717) is 6.61 Å². The summed E-state index contributed by atoms with van der Waals surface area (Å²) in [6.07, 6.45) is 2.15. The normalized spacial score (nSPS) is 11.2. The number of fused-ring (bicyclic) bond motifs is 1. The summed E-state index contributed by atoms with van der Waals surface area (Å²) in [6, 6.07) is 19.0. The predicted molar refractivity (Wildman–Crippen MR) is 91.5 cm³/mol. The van der Waals surface area contributed by atoms with E-state index in [-0.39, 0.29) is 0 Å². The summed E-state index contributed by atoms with van der Waals surface area (Å²) in [5, 5.41) is 1.28. The van der Waals surface area contributed by atoms with Crippen LogP contribution in [0.2, 0.25) is 0 Å². The van der Waals surface area contributed by atoms with Gasteiger partial charge in [0, 0.05) is 24.8 Å². The van der Waals surface area contributed by atoms with Gasteiger partial charge in [0.1, 0.15) is 12.4 Å². The van der Waals surface area contributed by atoms with Crippen molar-refractivity contribution in [3.63, 3.8) is 0 Å². The lowest BCUT2D eigenvalue weighted by Gasteiger charge is -2.11. The minimum atomic E-state index is 0.717. The van der Waals surface area contributed by atoms with Gasteiger partial charge in [0.25, 0.3) is 0 Å². The van der Waals surface area contributed by atoms with Crippen molar-refractivity contribution in [3.05, 3.63) is 66.4 Å². The maximum atomic E-state index is 5.73. The van der Waals surface area contributed by atoms with Crippen LogP contribution in [0.4, 0.5) is 0 Å². The molecule has 0 aliphatic heterocycles. The Bertz CT molecular complexity index is 729. The molecule has 0 saturated carbocycles. The molecule has 0 atom stereocenters. The van der Waals surface area contributed by atoms with Crippen LogP contribution in [-0.2, 0) is 6.54 Å². The molecule has 3 aromatic rings. The van der Waals surface area contributed by atoms with Gasteiger partial charge in [0.05, 0.1) is 0 Å². The van der Waals surface area contributed by atoms with Crippen molar-refractivity contribution in [2.24, 2.45) is 0 Å². The Balaban J connectivity index is 1.66. The Morgan fingerprint density at radius 3 is 2.50 bits per heavy atom. The molecule has 3 nitrogen and oxygen atoms in total. The van der Waals surface area contributed by atoms with Gasteiger partial charge in [-0.15, -0.1) is 0 Å². The quantitative estimate of drug-likeness (QED) is 0.691. The van der Waals surface area contributed by atoms with Crippen LogP contribution in [0.3, 0.4) is 0 Å². The molecule has 0 amide bonds. The number of para-hydroxylation sites is 1. The molecule has 0 saturated heterocycles. The topological polar surface area (TPSA) is 17.4 Å². The second kappa shape index (κ2) is 6.67. The second-order valence-corrected chi connectivity index (χ2v) is 5.80. The first-order valence-electron chi connectivity index (χ1n) is 7.63. The summed E-state index contributed by atoms with van der Waals surface area (Å²) < 4.78 is 8.00. The Labute approximate surface area is 131 Å². The van der Waals surface area contributed by atoms with E-state index < -0.39 is 0 Å². The number of rotatable bonds is 6. The smallest absolute Gasteiger partial charge is 0.119 e. The van der Waals surface area contributed by atoms with Crippen LogP contribution in [0, 0.1) is 0 Å². The first kappa shape index (κ1) is 14.7. The molecule has 3 rings (SSSR count). The molecule has 0 N–H and O–H groups in total. The number of hydrogen-bond donors (Lipinski definition) is 0. The first-order chi connectivity index (χ1) is 10.7. The molecule has 1 heterocycles. The van der Waals surface area contributed by atoms with E-state index >= 15 is 0 Å². The predicted octanol–water partition coefficient (Wildman–Crippen LogP) is 3.63. The summed E-state index contributed by atoms with van der Waals surface area (Å²) in [7, 11) is 4.10. The van der Waals surface area contributed by atoms with E-state index in [2.05, 4.69) is 70.3 Å². The fourth-order valence-corrected chi connectivity index (χ4v) is 2.51. The maximum Gasteiger partial charge on any atom is 0.119 e. The summed E-state index contributed by atoms with van der Waals surface area (Å²) in [5.41, 5.74) is 2.55. The highest BCUT2D eigenvalue weighted by molar-refractivity contribution is 5.80. The summed E-state index contributed by atoms with van der Waals surface area (Å²) in [4.78, 5) is 2.12. The lowest BCUT2D eigenvalue weighted by molar-refractivity contribution is 0.261. The first-order valence-corrected chi connectivity index (χ1v) is 7.63. The van der Waals surface area contributed by atoms with E-state index in [0.717, 1.165) is 18.8 Å². The average Bonchev–Trinajstić information content (AvgIpc) is 2.92. The van der Waals surface area contributed by atoms with Crippen LogP contribution in [0.25, 0.3) is 10.9 Å². The fourth-order valence-electron chi connectivity index (χ4n) is 2.51. The van der Waals surface area contributed by atoms with Gasteiger partial charge in [0.15, 0.2) is 0 Å². The Morgan fingerprint density at radius 1 is 0.955 bits per heavy atom. The lowest BCUT2D eigenvalue weighted by Crippen LogP contribution is -2.19. The van der Waals surface area contributed by atoms with Crippen molar-refractivity contribution in [1.29, 1.82) is 0 Å². The molecule has 114 valence electrons. The third kappa shape index (κ3) is 3.49. The molecule has 0 aliphatic rings. The fraction of sp³-hybridized carbons (Fsp3) is 0.263. The van der Waals surface area contributed by atoms with Crippen molar-refractivity contribution in [1.82, 2.24) is 9.47 Å². The Kier molecular flexibility index (Phi) is 4.45. The number of aromatic nitrogens is 1. The van der Waals surface area contributed by atoms with Crippen molar-refractivity contribution >= 4 is 10.9 Å². The third-order valence-electron chi connectivity index (χ3n) is 3.76. The van der Waals surface area contributed by atoms with Gasteiger partial charge < -0.3 is 14.2 Å². The highest BCUT2D eigenvalue weighted by atomic mass is 16.5. The van der Waals surface area contributed by atoms with E-state index in [1.54, 1.807) is 0 Å². The molecule has 0 aliphatic carbocycles. The molecule has 0 spiro atoms. The molecule has 22 heavy (non-hydrogen) atoms. The molecular formula is C19H22N2O. The highest BCUT2D eigenvalue weighted by Crippen LogP contribution is 2.18. The number of benzene rings is 2. The molecule has 3 heteroatoms. The van der Waals surface area contributed by atoms with Crippen LogP contribution in [0.1, 0.15) is 5.56 Å². The Morgan fingerprint density at radius 2 is 1.73 bits per heavy atom. The van der Waals surface area contributed by atoms with Crippen LogP contribution >= 0.6 is 0 Å². The van der Waals surface area contributed by atoms with Gasteiger partial charge in [0.2, 0.25) is 0 Å². The van der Waals surface area contributed by atoms with Gasteiger partial charge in [-0.2, -0.15) is 0 Å². The zero-order valence-corrected chi connectivity index (χ0v) is 13.2. The highest BCUT2D eigenvalue weighted by Gasteiger charge is 2.02. The number of nitrogens with zero attached hydrogens (tertiary/aromatic N) is 2. The molecule has 1 aromatic heterocycles. The third-order valence-corrected chi connectivity index (χ3v) is 3.76. The van der Waals surface area contributed by atoms with Gasteiger partial charge >= 0.3 is 0 Å². The maximum absolute atomic E-state index is 5.73. The number of hydrogen-bond acceptors (Lipinski definition) is 2. The molecule has 0 radical (unpaired) electrons. The zero-order chi connectivity index (χ0) is 15.4. The van der Waals surface area contributed by atoms with Gasteiger partial charge in [-0.25, -0.2) is 0 Å². The molecule has 0 bridgehead atoms. The van der Waals surface area contributed by atoms with Gasteiger partial charge in [-0.3, -0.25) is 0 Å². The summed E-state index contributed by atoms with van der Waals surface area (Å²) >= 11 is 0. The standard InChI is InChI=1S/C19H22N2O/c1-20(2)13-14-22-18-9-7-16(8-10-18)15-21-12-11-17-5-3-4-6-19(17)21/h3-12H,13-15H2,1-2H3. The molecule has 0 fully saturated rings. The van der Waals surface area contributed by atoms with Gasteiger partial charge in [-0.1, -0.05) is 30.3 Å². The summed E-state index contributed by atoms with van der Waals surface area (Å²) in [5.74, 6) is 0.933. The number of ether oxygens (including phenoxy) is 1. The molecule has 2 aromatic carbocycles. The van der Waals surface area contributed by atoms with Crippen molar-refractivity contribution in [2.75, 3.05) is 27.2 Å². The Hall–Kier alpha value is -2.26. The second-order valence-electron chi connectivity index (χ2n) is 5.80. The SMILES string of the molecule is CN(C)CCOc1ccc(Cn2ccc3ccccc32)cc1. The van der Waals surface area contributed by atoms with E-state index in [9.17, 15) is 0 Å². The molecule has 0 unspecified atom stereocenters. The summed E-state index contributed by atoms with van der Waals surface area (Å²) in [6.45, 7) is 2.52. The minimum absolute atomic E-state index is 0.717. The van der Waals surface area contributed by atoms with Crippen LogP contribution in [0.5, 0.6) is 5.75 Å². The zero-order valence-electron chi connectivity index (χ0n) is 13.2. The minimum Gasteiger partial charge on any atom is -0.492 e. The lowest BCUT2D eigenvalue weighted by atomic mass is 10.2. The number of likely N-dealkylation sites (N-methyl/N-ethyl adjacent to an activating group) is 1. The van der Waals surface area contributed by atoms with Crippen LogP contribution in [-0.4, -0.2) is 36.7 Å². The van der Waals surface area contributed by atoms with E-state index in [1.807, 2.05) is 14.1 Å². The van der Waals surface area contributed by atoms with E-state index in [1.165, 1.54) is 16.5 Å². The van der Waals surface area contributed by atoms with E-state index in [4.69, 9.17) is 4.74 Å². The van der Waals surface area contributed by atoms with Crippen molar-refractivity contribution < 1.29 is 4.74 Å². The van der Waals surface area contributed by atoms with Gasteiger partial charge in [-0.05, 0) is 49.3 Å². The van der Waals surface area contributed by atoms with Crippen molar-refractivity contribution in [3.8, 4) is 5.75 Å². The van der Waals surface area contributed by atoms with Crippen LogP contribution < -0.4 is 4.74 Å². The largest absolute Gasteiger partial charge is 0.492 e.